The lowest BCUT2D eigenvalue weighted by atomic mass is 9.80. The number of aromatic nitrogens is 1. The molecule has 6 rings (SSSR count). The third-order valence-corrected chi connectivity index (χ3v) is 7.12. The first kappa shape index (κ1) is 24.8. The summed E-state index contributed by atoms with van der Waals surface area (Å²) in [5.41, 5.74) is 3.06. The van der Waals surface area contributed by atoms with E-state index in [1.165, 1.54) is 0 Å². The third-order valence-electron chi connectivity index (χ3n) is 7.12. The van der Waals surface area contributed by atoms with Crippen molar-refractivity contribution in [3.05, 3.63) is 179 Å². The highest BCUT2D eigenvalue weighted by Gasteiger charge is 2.40. The molecule has 40 heavy (non-hydrogen) atoms. The van der Waals surface area contributed by atoms with Crippen LogP contribution in [-0.2, 0) is 5.60 Å². The third kappa shape index (κ3) is 4.30. The maximum atomic E-state index is 14.2. The summed E-state index contributed by atoms with van der Waals surface area (Å²) >= 11 is 0. The summed E-state index contributed by atoms with van der Waals surface area (Å²) in [6, 6.07) is 44.9. The van der Waals surface area contributed by atoms with E-state index in [9.17, 15) is 10.1 Å². The molecule has 0 atom stereocenters. The Kier molecular flexibility index (Phi) is 6.62. The molecule has 0 saturated carbocycles. The van der Waals surface area contributed by atoms with Gasteiger partial charge < -0.3 is 4.74 Å². The first-order chi connectivity index (χ1) is 19.7. The van der Waals surface area contributed by atoms with Gasteiger partial charge in [-0.1, -0.05) is 115 Å². The molecule has 4 heteroatoms. The molecule has 0 aliphatic rings. The Morgan fingerprint density at radius 2 is 1.15 bits per heavy atom. The van der Waals surface area contributed by atoms with Crippen LogP contribution in [-0.4, -0.2) is 10.8 Å². The van der Waals surface area contributed by atoms with Crippen LogP contribution in [0.3, 0.4) is 0 Å². The number of ether oxygens (including phenoxy) is 1. The lowest BCUT2D eigenvalue weighted by Gasteiger charge is -2.36. The number of hydrogen-bond acceptors (Lipinski definition) is 4. The molecule has 0 amide bonds. The van der Waals surface area contributed by atoms with Gasteiger partial charge in [0.2, 0.25) is 0 Å². The predicted molar refractivity (Wildman–Crippen MR) is 156 cm³/mol. The number of rotatable bonds is 7. The molecule has 0 saturated heterocycles. The molecule has 0 bridgehead atoms. The number of ketones is 1. The van der Waals surface area contributed by atoms with Crippen molar-refractivity contribution in [2.24, 2.45) is 0 Å². The highest BCUT2D eigenvalue weighted by Crippen LogP contribution is 2.42. The summed E-state index contributed by atoms with van der Waals surface area (Å²) in [7, 11) is 0. The van der Waals surface area contributed by atoms with E-state index in [1.807, 2.05) is 115 Å². The second-order valence-electron chi connectivity index (χ2n) is 9.40. The summed E-state index contributed by atoms with van der Waals surface area (Å²) in [5.74, 6) is 0.178. The van der Waals surface area contributed by atoms with Crippen molar-refractivity contribution in [3.8, 4) is 11.8 Å². The molecule has 6 aromatic rings. The van der Waals surface area contributed by atoms with Gasteiger partial charge in [-0.15, -0.1) is 0 Å². The molecule has 0 spiro atoms. The van der Waals surface area contributed by atoms with Gasteiger partial charge in [0.05, 0.1) is 17.2 Å². The van der Waals surface area contributed by atoms with Crippen molar-refractivity contribution < 1.29 is 9.53 Å². The van der Waals surface area contributed by atoms with Gasteiger partial charge in [0.15, 0.2) is 11.4 Å². The van der Waals surface area contributed by atoms with E-state index < -0.39 is 5.60 Å². The van der Waals surface area contributed by atoms with E-state index in [1.54, 1.807) is 30.6 Å². The largest absolute Gasteiger partial charge is 0.472 e. The Hall–Kier alpha value is -5.53. The van der Waals surface area contributed by atoms with Crippen molar-refractivity contribution in [1.29, 1.82) is 5.26 Å². The summed E-state index contributed by atoms with van der Waals surface area (Å²) < 4.78 is 7.08. The summed E-state index contributed by atoms with van der Waals surface area (Å²) in [4.78, 5) is 18.5. The van der Waals surface area contributed by atoms with Gasteiger partial charge >= 0.3 is 0 Å². The molecule has 0 fully saturated rings. The Morgan fingerprint density at radius 3 is 1.70 bits per heavy atom. The SMILES string of the molecule is N#Cc1ccc(C(=O)c2cnccc2OC(c2ccccc2)(c2ccccc2)c2ccccc2)c2ccccc12. The molecule has 5 aromatic carbocycles. The number of pyridine rings is 1. The monoisotopic (exact) mass is 516 g/mol. The van der Waals surface area contributed by atoms with Crippen LogP contribution in [0.1, 0.15) is 38.2 Å². The van der Waals surface area contributed by atoms with Crippen LogP contribution in [0, 0.1) is 11.3 Å². The van der Waals surface area contributed by atoms with E-state index in [-0.39, 0.29) is 5.78 Å². The highest BCUT2D eigenvalue weighted by atomic mass is 16.5. The van der Waals surface area contributed by atoms with Crippen LogP contribution in [0.4, 0.5) is 0 Å². The van der Waals surface area contributed by atoms with Gasteiger partial charge in [0.1, 0.15) is 5.75 Å². The second kappa shape index (κ2) is 10.7. The standard InChI is InChI=1S/C36H24N2O2/c37-24-26-20-21-32(31-19-11-10-18-30(26)31)35(39)33-25-38-23-22-34(33)40-36(27-12-4-1-5-13-27,28-14-6-2-7-15-28)29-16-8-3-9-17-29/h1-23,25H. The molecule has 1 aromatic heterocycles. The number of hydrogen-bond donors (Lipinski definition) is 0. The van der Waals surface area contributed by atoms with Crippen molar-refractivity contribution in [2.75, 3.05) is 0 Å². The average molecular weight is 517 g/mol. The quantitative estimate of drug-likeness (QED) is 0.161. The number of nitrogens with zero attached hydrogens (tertiary/aromatic N) is 2. The zero-order valence-electron chi connectivity index (χ0n) is 21.6. The van der Waals surface area contributed by atoms with Gasteiger partial charge in [-0.05, 0) is 23.6 Å². The average Bonchev–Trinajstić information content (AvgIpc) is 3.04. The Bertz CT molecular complexity index is 1750. The fourth-order valence-corrected chi connectivity index (χ4v) is 5.24. The van der Waals surface area contributed by atoms with Crippen LogP contribution < -0.4 is 4.74 Å². The molecule has 190 valence electrons. The van der Waals surface area contributed by atoms with Gasteiger partial charge in [-0.2, -0.15) is 5.26 Å². The molecule has 0 aliphatic carbocycles. The topological polar surface area (TPSA) is 63.0 Å². The zero-order chi connectivity index (χ0) is 27.4. The Balaban J connectivity index is 1.56. The fourth-order valence-electron chi connectivity index (χ4n) is 5.24. The molecule has 0 unspecified atom stereocenters. The van der Waals surface area contributed by atoms with Crippen LogP contribution >= 0.6 is 0 Å². The summed E-state index contributed by atoms with van der Waals surface area (Å²) in [5, 5.41) is 11.1. The molecular weight excluding hydrogens is 492 g/mol. The van der Waals surface area contributed by atoms with Crippen molar-refractivity contribution in [2.45, 2.75) is 5.60 Å². The van der Waals surface area contributed by atoms with Crippen LogP contribution in [0.5, 0.6) is 5.75 Å². The van der Waals surface area contributed by atoms with Crippen molar-refractivity contribution in [3.63, 3.8) is 0 Å². The lowest BCUT2D eigenvalue weighted by Crippen LogP contribution is -2.36. The van der Waals surface area contributed by atoms with Gasteiger partial charge in [-0.25, -0.2) is 0 Å². The molecular formula is C36H24N2O2. The van der Waals surface area contributed by atoms with E-state index >= 15 is 0 Å². The minimum absolute atomic E-state index is 0.230. The summed E-state index contributed by atoms with van der Waals surface area (Å²) in [6.45, 7) is 0. The van der Waals surface area contributed by atoms with Crippen LogP contribution in [0.25, 0.3) is 10.8 Å². The lowest BCUT2D eigenvalue weighted by molar-refractivity contribution is 0.102. The zero-order valence-corrected chi connectivity index (χ0v) is 21.6. The Morgan fingerprint density at radius 1 is 0.625 bits per heavy atom. The maximum absolute atomic E-state index is 14.2. The second-order valence-corrected chi connectivity index (χ2v) is 9.40. The minimum atomic E-state index is -1.05. The molecule has 0 aliphatic heterocycles. The van der Waals surface area contributed by atoms with Gasteiger partial charge in [-0.3, -0.25) is 9.78 Å². The van der Waals surface area contributed by atoms with E-state index in [4.69, 9.17) is 4.74 Å². The smallest absolute Gasteiger partial charge is 0.198 e. The van der Waals surface area contributed by atoms with Crippen LogP contribution in [0.15, 0.2) is 146 Å². The van der Waals surface area contributed by atoms with E-state index in [2.05, 4.69) is 11.1 Å². The minimum Gasteiger partial charge on any atom is -0.472 e. The normalized spacial score (nSPS) is 11.1. The van der Waals surface area contributed by atoms with Crippen LogP contribution in [0.2, 0.25) is 0 Å². The van der Waals surface area contributed by atoms with Crippen molar-refractivity contribution in [1.82, 2.24) is 4.98 Å². The predicted octanol–water partition coefficient (Wildman–Crippen LogP) is 7.71. The molecule has 4 nitrogen and oxygen atoms in total. The van der Waals surface area contributed by atoms with Crippen molar-refractivity contribution >= 4 is 16.6 Å². The number of benzene rings is 5. The number of fused-ring (bicyclic) bond motifs is 1. The fraction of sp³-hybridized carbons (Fsp3) is 0.0278. The number of carbonyl (C=O) groups is 1. The Labute approximate surface area is 232 Å². The highest BCUT2D eigenvalue weighted by molar-refractivity contribution is 6.18. The first-order valence-electron chi connectivity index (χ1n) is 13.0. The molecule has 0 radical (unpaired) electrons. The summed E-state index contributed by atoms with van der Waals surface area (Å²) in [6.07, 6.45) is 3.19. The van der Waals surface area contributed by atoms with Gasteiger partial charge in [0.25, 0.3) is 0 Å². The number of carbonyl (C=O) groups excluding carboxylic acids is 1. The number of nitriles is 1. The van der Waals surface area contributed by atoms with E-state index in [0.717, 1.165) is 22.1 Å². The first-order valence-corrected chi connectivity index (χ1v) is 13.0. The molecule has 0 N–H and O–H groups in total. The van der Waals surface area contributed by atoms with E-state index in [0.29, 0.717) is 27.8 Å². The molecule has 1 heterocycles. The van der Waals surface area contributed by atoms with Gasteiger partial charge in [0, 0.05) is 40.0 Å². The maximum Gasteiger partial charge on any atom is 0.198 e.